The Hall–Kier alpha value is 0.0400. The van der Waals surface area contributed by atoms with Gasteiger partial charge in [0.15, 0.2) is 0 Å². The van der Waals surface area contributed by atoms with Crippen LogP contribution in [-0.2, 0) is 0 Å². The van der Waals surface area contributed by atoms with Gasteiger partial charge in [0, 0.05) is 0 Å². The van der Waals surface area contributed by atoms with Crippen LogP contribution in [-0.4, -0.2) is 11.1 Å². The molecule has 1 aromatic rings. The minimum absolute atomic E-state index is 0.918. The van der Waals surface area contributed by atoms with E-state index in [1.165, 1.54) is 0 Å². The number of hydrogen-bond donors (Lipinski definition) is 1. The Morgan fingerprint density at radius 2 is 1.92 bits per heavy atom. The van der Waals surface area contributed by atoms with Crippen LogP contribution in [0.25, 0.3) is 0 Å². The summed E-state index contributed by atoms with van der Waals surface area (Å²) in [5, 5.41) is 1.11. The van der Waals surface area contributed by atoms with Crippen LogP contribution in [0, 0.1) is 0 Å². The van der Waals surface area contributed by atoms with Gasteiger partial charge in [0.05, 0.1) is 0 Å². The Labute approximate surface area is 76.7 Å². The SMILES string of the molecule is CCC[PH](O)(P)c1ccccc1. The molecule has 0 heterocycles. The first kappa shape index (κ1) is 10.1. The van der Waals surface area contributed by atoms with E-state index in [-0.39, 0.29) is 0 Å². The van der Waals surface area contributed by atoms with Crippen molar-refractivity contribution in [3.63, 3.8) is 0 Å². The van der Waals surface area contributed by atoms with Gasteiger partial charge in [-0.1, -0.05) is 0 Å². The maximum absolute atomic E-state index is 10.1. The Bertz CT molecular complexity index is 234. The minimum atomic E-state index is -2.16. The van der Waals surface area contributed by atoms with Crippen molar-refractivity contribution in [2.24, 2.45) is 0 Å². The predicted molar refractivity (Wildman–Crippen MR) is 61.5 cm³/mol. The van der Waals surface area contributed by atoms with E-state index in [1.807, 2.05) is 30.3 Å². The molecule has 0 aliphatic carbocycles. The zero-order valence-corrected chi connectivity index (χ0v) is 9.48. The predicted octanol–water partition coefficient (Wildman–Crippen LogP) is 2.17. The fourth-order valence-electron chi connectivity index (χ4n) is 1.25. The van der Waals surface area contributed by atoms with Crippen LogP contribution in [0.3, 0.4) is 0 Å². The van der Waals surface area contributed by atoms with Gasteiger partial charge in [0.25, 0.3) is 0 Å². The van der Waals surface area contributed by atoms with Crippen LogP contribution < -0.4 is 5.30 Å². The van der Waals surface area contributed by atoms with Crippen molar-refractivity contribution in [2.45, 2.75) is 13.3 Å². The molecule has 0 saturated heterocycles. The first-order valence-corrected chi connectivity index (χ1v) is 8.20. The third kappa shape index (κ3) is 2.52. The summed E-state index contributed by atoms with van der Waals surface area (Å²) in [6.07, 6.45) is 1.96. The fourth-order valence-corrected chi connectivity index (χ4v) is 4.52. The number of rotatable bonds is 3. The summed E-state index contributed by atoms with van der Waals surface area (Å²) in [7, 11) is 0.483. The van der Waals surface area contributed by atoms with Crippen LogP contribution in [0.15, 0.2) is 30.3 Å². The van der Waals surface area contributed by atoms with E-state index in [9.17, 15) is 4.89 Å². The first-order chi connectivity index (χ1) is 5.67. The number of benzene rings is 1. The molecule has 1 nitrogen and oxygen atoms in total. The molecule has 1 aromatic carbocycles. The summed E-state index contributed by atoms with van der Waals surface area (Å²) in [5.74, 6) is 0. The molecule has 0 radical (unpaired) electrons. The molecule has 0 aromatic heterocycles. The van der Waals surface area contributed by atoms with Crippen LogP contribution in [0.2, 0.25) is 0 Å². The second-order valence-corrected chi connectivity index (χ2v) is 8.83. The Kier molecular flexibility index (Phi) is 3.65. The van der Waals surface area contributed by atoms with E-state index in [4.69, 9.17) is 0 Å². The molecule has 1 rings (SSSR count). The standard InChI is InChI=1S/C9H16OP2/c1-2-8-12(10,11)9-6-4-3-5-7-9/h3-7,10,12H,2,8,11H2,1H3. The second-order valence-electron chi connectivity index (χ2n) is 3.04. The normalized spacial score (nSPS) is 12.9. The molecule has 1 unspecified atom stereocenters. The van der Waals surface area contributed by atoms with Crippen molar-refractivity contribution in [2.75, 3.05) is 6.16 Å². The van der Waals surface area contributed by atoms with Crippen molar-refractivity contribution in [1.29, 1.82) is 0 Å². The van der Waals surface area contributed by atoms with Gasteiger partial charge in [-0.2, -0.15) is 0 Å². The summed E-state index contributed by atoms with van der Waals surface area (Å²) in [4.78, 5) is 10.1. The van der Waals surface area contributed by atoms with Crippen LogP contribution in [0.5, 0.6) is 0 Å². The van der Waals surface area contributed by atoms with Gasteiger partial charge in [0.1, 0.15) is 0 Å². The zero-order valence-electron chi connectivity index (χ0n) is 7.33. The Balaban J connectivity index is 2.82. The van der Waals surface area contributed by atoms with Crippen molar-refractivity contribution in [1.82, 2.24) is 0 Å². The van der Waals surface area contributed by atoms with Crippen molar-refractivity contribution < 1.29 is 4.89 Å². The molecule has 0 aliphatic heterocycles. The van der Waals surface area contributed by atoms with Gasteiger partial charge >= 0.3 is 76.1 Å². The van der Waals surface area contributed by atoms with E-state index in [1.54, 1.807) is 0 Å². The van der Waals surface area contributed by atoms with Crippen molar-refractivity contribution in [3.8, 4) is 0 Å². The van der Waals surface area contributed by atoms with Crippen LogP contribution in [0.1, 0.15) is 13.3 Å². The average molecular weight is 202 g/mol. The Morgan fingerprint density at radius 1 is 1.33 bits per heavy atom. The van der Waals surface area contributed by atoms with E-state index in [2.05, 4.69) is 15.9 Å². The number of hydrogen-bond acceptors (Lipinski definition) is 1. The second kappa shape index (κ2) is 4.33. The van der Waals surface area contributed by atoms with Crippen LogP contribution in [0.4, 0.5) is 0 Å². The van der Waals surface area contributed by atoms with Crippen molar-refractivity contribution in [3.05, 3.63) is 30.3 Å². The summed E-state index contributed by atoms with van der Waals surface area (Å²) in [6, 6.07) is 9.95. The molecule has 0 saturated carbocycles. The van der Waals surface area contributed by atoms with Crippen molar-refractivity contribution >= 4 is 21.4 Å². The van der Waals surface area contributed by atoms with Gasteiger partial charge in [-0.3, -0.25) is 0 Å². The van der Waals surface area contributed by atoms with Crippen LogP contribution >= 0.6 is 16.1 Å². The fraction of sp³-hybridized carbons (Fsp3) is 0.333. The molecule has 1 atom stereocenters. The molecule has 0 aliphatic rings. The molecular formula is C9H16OP2. The molecule has 0 spiro atoms. The first-order valence-electron chi connectivity index (χ1n) is 4.23. The van der Waals surface area contributed by atoms with E-state index < -0.39 is 7.18 Å². The molecule has 12 heavy (non-hydrogen) atoms. The average Bonchev–Trinajstić information content (AvgIpc) is 2.06. The van der Waals surface area contributed by atoms with E-state index in [0.29, 0.717) is 0 Å². The van der Waals surface area contributed by atoms with Gasteiger partial charge in [-0.25, -0.2) is 0 Å². The third-order valence-electron chi connectivity index (χ3n) is 1.90. The van der Waals surface area contributed by atoms with Gasteiger partial charge in [-0.05, 0) is 0 Å². The summed E-state index contributed by atoms with van der Waals surface area (Å²) < 4.78 is 0. The summed E-state index contributed by atoms with van der Waals surface area (Å²) in [5.41, 5.74) is 0. The van der Waals surface area contributed by atoms with E-state index in [0.717, 1.165) is 17.9 Å². The summed E-state index contributed by atoms with van der Waals surface area (Å²) in [6.45, 7) is 2.10. The third-order valence-corrected chi connectivity index (χ3v) is 6.37. The quantitative estimate of drug-likeness (QED) is 0.745. The topological polar surface area (TPSA) is 20.2 Å². The van der Waals surface area contributed by atoms with Gasteiger partial charge in [0.2, 0.25) is 0 Å². The Morgan fingerprint density at radius 3 is 2.42 bits per heavy atom. The molecule has 3 heteroatoms. The monoisotopic (exact) mass is 202 g/mol. The zero-order chi connectivity index (χ0) is 9.03. The molecule has 1 N–H and O–H groups in total. The molecule has 0 amide bonds. The molecular weight excluding hydrogens is 186 g/mol. The van der Waals surface area contributed by atoms with E-state index >= 15 is 0 Å². The molecule has 68 valence electrons. The van der Waals surface area contributed by atoms with Gasteiger partial charge < -0.3 is 0 Å². The molecule has 0 bridgehead atoms. The van der Waals surface area contributed by atoms with Gasteiger partial charge in [-0.15, -0.1) is 0 Å². The molecule has 0 fully saturated rings. The summed E-state index contributed by atoms with van der Waals surface area (Å²) >= 11 is 0. The maximum atomic E-state index is 10.1.